The normalized spacial score (nSPS) is 11.5. The maximum atomic E-state index is 2.36. The van der Waals surface area contributed by atoms with Crippen LogP contribution < -0.4 is 16.9 Å². The van der Waals surface area contributed by atoms with E-state index < -0.39 is 0 Å². The Labute approximate surface area is 202 Å². The third-order valence-corrected chi connectivity index (χ3v) is 6.84. The number of halogens is 1. The Morgan fingerprint density at radius 2 is 0.903 bits per heavy atom. The Hall–Kier alpha value is -0.530. The van der Waals surface area contributed by atoms with Crippen molar-refractivity contribution in [2.24, 2.45) is 0 Å². The first-order valence-electron chi connectivity index (χ1n) is 13.5. The number of hydrogen-bond acceptors (Lipinski definition) is 0. The van der Waals surface area contributed by atoms with Gasteiger partial charge in [-0.1, -0.05) is 128 Å². The van der Waals surface area contributed by atoms with Crippen molar-refractivity contribution in [1.29, 1.82) is 0 Å². The molecular formula is C29H54ClN. The van der Waals surface area contributed by atoms with Crippen LogP contribution in [0.5, 0.6) is 0 Å². The molecular weight excluding hydrogens is 398 g/mol. The summed E-state index contributed by atoms with van der Waals surface area (Å²) in [6, 6.07) is 8.86. The van der Waals surface area contributed by atoms with Gasteiger partial charge in [0.05, 0.1) is 20.6 Å². The van der Waals surface area contributed by atoms with Crippen LogP contribution in [-0.2, 0) is 0 Å². The van der Waals surface area contributed by atoms with Crippen molar-refractivity contribution in [2.45, 2.75) is 129 Å². The molecule has 0 aliphatic rings. The number of aryl methyl sites for hydroxylation is 1. The van der Waals surface area contributed by atoms with Crippen molar-refractivity contribution < 1.29 is 12.4 Å². The van der Waals surface area contributed by atoms with E-state index in [1.165, 1.54) is 133 Å². The summed E-state index contributed by atoms with van der Waals surface area (Å²) in [6.07, 6.45) is 26.0. The number of rotatable bonds is 20. The second kappa shape index (κ2) is 20.1. The minimum absolute atomic E-state index is 0. The molecule has 0 atom stereocenters. The molecule has 1 rings (SSSR count). The van der Waals surface area contributed by atoms with Gasteiger partial charge in [-0.05, 0) is 25.8 Å². The highest BCUT2D eigenvalue weighted by Gasteiger charge is 2.19. The number of para-hydroxylation sites is 1. The van der Waals surface area contributed by atoms with E-state index in [0.717, 1.165) is 4.48 Å². The summed E-state index contributed by atoms with van der Waals surface area (Å²) in [5.41, 5.74) is 2.90. The fourth-order valence-corrected chi connectivity index (χ4v) is 4.77. The first-order valence-corrected chi connectivity index (χ1v) is 13.5. The molecule has 1 aromatic rings. The van der Waals surface area contributed by atoms with Gasteiger partial charge in [-0.3, -0.25) is 4.48 Å². The Balaban J connectivity index is 0.00000900. The topological polar surface area (TPSA) is 0 Å². The zero-order valence-corrected chi connectivity index (χ0v) is 22.3. The van der Waals surface area contributed by atoms with Crippen LogP contribution >= 0.6 is 0 Å². The van der Waals surface area contributed by atoms with Crippen LogP contribution in [0.1, 0.15) is 128 Å². The number of unbranched alkanes of at least 4 members (excludes halogenated alkanes) is 17. The average molecular weight is 452 g/mol. The van der Waals surface area contributed by atoms with E-state index in [9.17, 15) is 0 Å². The predicted molar refractivity (Wildman–Crippen MR) is 138 cm³/mol. The van der Waals surface area contributed by atoms with Crippen molar-refractivity contribution in [2.75, 3.05) is 20.6 Å². The lowest BCUT2D eigenvalue weighted by Crippen LogP contribution is -3.00. The van der Waals surface area contributed by atoms with Crippen molar-refractivity contribution in [3.63, 3.8) is 0 Å². The minimum Gasteiger partial charge on any atom is -1.00 e. The van der Waals surface area contributed by atoms with Crippen LogP contribution in [0.15, 0.2) is 24.3 Å². The van der Waals surface area contributed by atoms with Gasteiger partial charge < -0.3 is 12.4 Å². The van der Waals surface area contributed by atoms with Gasteiger partial charge in [0, 0.05) is 5.56 Å². The van der Waals surface area contributed by atoms with Crippen LogP contribution in [-0.4, -0.2) is 20.6 Å². The molecule has 0 aliphatic carbocycles. The molecule has 1 aromatic carbocycles. The monoisotopic (exact) mass is 451 g/mol. The van der Waals surface area contributed by atoms with Crippen LogP contribution in [0.4, 0.5) is 5.69 Å². The number of quaternary nitrogens is 1. The zero-order chi connectivity index (χ0) is 21.9. The molecule has 0 amide bonds. The van der Waals surface area contributed by atoms with E-state index in [2.05, 4.69) is 52.2 Å². The van der Waals surface area contributed by atoms with Crippen molar-refractivity contribution in [3.05, 3.63) is 29.8 Å². The van der Waals surface area contributed by atoms with Gasteiger partial charge >= 0.3 is 0 Å². The quantitative estimate of drug-likeness (QED) is 0.154. The first-order chi connectivity index (χ1) is 14.6. The summed E-state index contributed by atoms with van der Waals surface area (Å²) < 4.78 is 1.02. The molecule has 31 heavy (non-hydrogen) atoms. The Morgan fingerprint density at radius 1 is 0.548 bits per heavy atom. The molecule has 0 aromatic heterocycles. The first kappa shape index (κ1) is 30.5. The van der Waals surface area contributed by atoms with Gasteiger partial charge in [0.1, 0.15) is 5.69 Å². The zero-order valence-electron chi connectivity index (χ0n) is 21.6. The van der Waals surface area contributed by atoms with Crippen molar-refractivity contribution in [3.8, 4) is 0 Å². The van der Waals surface area contributed by atoms with E-state index in [1.807, 2.05) is 0 Å². The molecule has 0 aliphatic heterocycles. The number of benzene rings is 1. The molecule has 0 heterocycles. The summed E-state index contributed by atoms with van der Waals surface area (Å²) in [4.78, 5) is 0. The molecule has 1 nitrogen and oxygen atoms in total. The van der Waals surface area contributed by atoms with Crippen LogP contribution in [0.25, 0.3) is 0 Å². The van der Waals surface area contributed by atoms with Crippen molar-refractivity contribution >= 4 is 5.69 Å². The molecule has 0 saturated carbocycles. The van der Waals surface area contributed by atoms with Gasteiger partial charge in [0.15, 0.2) is 0 Å². The third-order valence-electron chi connectivity index (χ3n) is 6.84. The van der Waals surface area contributed by atoms with Crippen LogP contribution in [0, 0.1) is 6.92 Å². The van der Waals surface area contributed by atoms with Crippen molar-refractivity contribution in [1.82, 2.24) is 4.48 Å². The summed E-state index contributed by atoms with van der Waals surface area (Å²) in [5.74, 6) is 0. The Morgan fingerprint density at radius 3 is 1.29 bits per heavy atom. The lowest BCUT2D eigenvalue weighted by Gasteiger charge is -2.30. The van der Waals surface area contributed by atoms with E-state index >= 15 is 0 Å². The minimum atomic E-state index is 0. The fraction of sp³-hybridized carbons (Fsp3) is 0.793. The average Bonchev–Trinajstić information content (AvgIpc) is 2.73. The SMILES string of the molecule is CCCCCCCCCCCCCCCCCCCC[N+](C)(C)c1ccccc1C.[Cl-]. The number of nitrogens with zero attached hydrogens (tertiary/aromatic N) is 1. The molecule has 0 saturated heterocycles. The maximum Gasteiger partial charge on any atom is 0.135 e. The highest BCUT2D eigenvalue weighted by Crippen LogP contribution is 2.24. The highest BCUT2D eigenvalue weighted by molar-refractivity contribution is 5.48. The molecule has 0 spiro atoms. The number of hydrogen-bond donors (Lipinski definition) is 0. The molecule has 2 heteroatoms. The summed E-state index contributed by atoms with van der Waals surface area (Å²) in [6.45, 7) is 5.80. The Bertz CT molecular complexity index is 511. The van der Waals surface area contributed by atoms with Gasteiger partial charge in [-0.25, -0.2) is 0 Å². The second-order valence-corrected chi connectivity index (χ2v) is 10.2. The molecule has 0 unspecified atom stereocenters. The van der Waals surface area contributed by atoms with Gasteiger partial charge in [0.25, 0.3) is 0 Å². The van der Waals surface area contributed by atoms with Gasteiger partial charge in [0.2, 0.25) is 0 Å². The summed E-state index contributed by atoms with van der Waals surface area (Å²) in [7, 11) is 4.71. The molecule has 0 bridgehead atoms. The summed E-state index contributed by atoms with van der Waals surface area (Å²) in [5, 5.41) is 0. The lowest BCUT2D eigenvalue weighted by molar-refractivity contribution is -0.00000679. The molecule has 182 valence electrons. The molecule has 0 fully saturated rings. The van der Waals surface area contributed by atoms with E-state index in [-0.39, 0.29) is 12.4 Å². The smallest absolute Gasteiger partial charge is 0.135 e. The van der Waals surface area contributed by atoms with E-state index in [4.69, 9.17) is 0 Å². The standard InChI is InChI=1S/C29H54N.ClH/c1-5-6-7-8-9-10-11-12-13-14-15-16-17-18-19-20-21-24-27-30(3,4)29-26-23-22-25-28(29)2;/h22-23,25-26H,5-21,24,27H2,1-4H3;1H/q+1;/p-1. The second-order valence-electron chi connectivity index (χ2n) is 10.2. The predicted octanol–water partition coefficient (Wildman–Crippen LogP) is 6.61. The van der Waals surface area contributed by atoms with Gasteiger partial charge in [-0.15, -0.1) is 0 Å². The third kappa shape index (κ3) is 15.8. The largest absolute Gasteiger partial charge is 1.00 e. The van der Waals surface area contributed by atoms with Crippen LogP contribution in [0.3, 0.4) is 0 Å². The lowest BCUT2D eigenvalue weighted by atomic mass is 10.0. The van der Waals surface area contributed by atoms with E-state index in [0.29, 0.717) is 0 Å². The molecule has 0 radical (unpaired) electrons. The maximum absolute atomic E-state index is 2.36. The summed E-state index contributed by atoms with van der Waals surface area (Å²) >= 11 is 0. The fourth-order valence-electron chi connectivity index (χ4n) is 4.77. The highest BCUT2D eigenvalue weighted by atomic mass is 35.5. The van der Waals surface area contributed by atoms with E-state index in [1.54, 1.807) is 0 Å². The Kier molecular flexibility index (Phi) is 19.8. The van der Waals surface area contributed by atoms with Crippen LogP contribution in [0.2, 0.25) is 0 Å². The van der Waals surface area contributed by atoms with Gasteiger partial charge in [-0.2, -0.15) is 0 Å². The molecule has 0 N–H and O–H groups in total.